The third-order valence-corrected chi connectivity index (χ3v) is 5.10. The molecule has 2 heterocycles. The van der Waals surface area contributed by atoms with Gasteiger partial charge < -0.3 is 28.6 Å². The van der Waals surface area contributed by atoms with Gasteiger partial charge in [-0.15, -0.1) is 5.10 Å². The number of aromatic nitrogens is 3. The Morgan fingerprint density at radius 2 is 1.41 bits per heavy atom. The Hall–Kier alpha value is -3.22. The van der Waals surface area contributed by atoms with Crippen LogP contribution in [-0.4, -0.2) is 83.0 Å². The lowest BCUT2D eigenvalue weighted by Crippen LogP contribution is -2.60. The standard InChI is InChI=1S/C21H32N4O9/c1-8-24(9-2)20-11(3)22-23-25(20)21-19(33-15(7)29)18(32-14(6)28)17(31-13(5)27)16(34-21)10-30-12(4)26/h16-19,21H,8-10H2,1-7H3/t16-,17+,18+,19+,21-/m0/s1. The van der Waals surface area contributed by atoms with Crippen LogP contribution in [0.1, 0.15) is 53.5 Å². The molecule has 190 valence electrons. The van der Waals surface area contributed by atoms with E-state index < -0.39 is 54.5 Å². The molecule has 2 rings (SSSR count). The molecule has 1 aliphatic heterocycles. The highest BCUT2D eigenvalue weighted by Crippen LogP contribution is 2.37. The fraction of sp³-hybridized carbons (Fsp3) is 0.714. The zero-order valence-electron chi connectivity index (χ0n) is 20.5. The maximum absolute atomic E-state index is 12.0. The summed E-state index contributed by atoms with van der Waals surface area (Å²) in [7, 11) is 0. The zero-order chi connectivity index (χ0) is 25.6. The second kappa shape index (κ2) is 11.8. The van der Waals surface area contributed by atoms with E-state index in [0.29, 0.717) is 24.6 Å². The third-order valence-electron chi connectivity index (χ3n) is 5.10. The number of anilines is 1. The van der Waals surface area contributed by atoms with E-state index in [0.717, 1.165) is 0 Å². The predicted octanol–water partition coefficient (Wildman–Crippen LogP) is 0.688. The van der Waals surface area contributed by atoms with E-state index in [9.17, 15) is 19.2 Å². The molecular weight excluding hydrogens is 452 g/mol. The van der Waals surface area contributed by atoms with Gasteiger partial charge in [-0.1, -0.05) is 5.21 Å². The van der Waals surface area contributed by atoms with E-state index in [4.69, 9.17) is 23.7 Å². The van der Waals surface area contributed by atoms with Gasteiger partial charge in [-0.3, -0.25) is 19.2 Å². The van der Waals surface area contributed by atoms with Gasteiger partial charge in [-0.25, -0.2) is 0 Å². The number of carbonyl (C=O) groups excluding carboxylic acids is 4. The highest BCUT2D eigenvalue weighted by Gasteiger charge is 2.53. The topological polar surface area (TPSA) is 148 Å². The molecule has 1 saturated heterocycles. The third kappa shape index (κ3) is 6.43. The molecule has 0 amide bonds. The van der Waals surface area contributed by atoms with Crippen LogP contribution in [0.4, 0.5) is 5.82 Å². The summed E-state index contributed by atoms with van der Waals surface area (Å²) in [5, 5.41) is 8.34. The van der Waals surface area contributed by atoms with Crippen molar-refractivity contribution in [3.8, 4) is 0 Å². The number of esters is 4. The van der Waals surface area contributed by atoms with Crippen LogP contribution in [0.15, 0.2) is 0 Å². The van der Waals surface area contributed by atoms with Gasteiger partial charge in [0.05, 0.1) is 0 Å². The van der Waals surface area contributed by atoms with Crippen LogP contribution in [0.25, 0.3) is 0 Å². The molecule has 0 N–H and O–H groups in total. The molecule has 0 spiro atoms. The molecule has 1 aromatic rings. The summed E-state index contributed by atoms with van der Waals surface area (Å²) in [5.74, 6) is -2.07. The van der Waals surface area contributed by atoms with Crippen LogP contribution in [0.3, 0.4) is 0 Å². The van der Waals surface area contributed by atoms with Crippen molar-refractivity contribution >= 4 is 29.7 Å². The van der Waals surface area contributed by atoms with Gasteiger partial charge in [-0.05, 0) is 20.8 Å². The Morgan fingerprint density at radius 3 is 1.91 bits per heavy atom. The van der Waals surface area contributed by atoms with Crippen molar-refractivity contribution < 1.29 is 42.9 Å². The fourth-order valence-electron chi connectivity index (χ4n) is 3.84. The lowest BCUT2D eigenvalue weighted by molar-refractivity contribution is -0.270. The molecule has 0 saturated carbocycles. The first-order chi connectivity index (χ1) is 16.0. The Kier molecular flexibility index (Phi) is 9.36. The lowest BCUT2D eigenvalue weighted by atomic mass is 9.97. The highest BCUT2D eigenvalue weighted by atomic mass is 16.7. The van der Waals surface area contributed by atoms with Crippen LogP contribution < -0.4 is 4.90 Å². The second-order valence-electron chi connectivity index (χ2n) is 7.71. The van der Waals surface area contributed by atoms with E-state index in [2.05, 4.69) is 10.3 Å². The summed E-state index contributed by atoms with van der Waals surface area (Å²) >= 11 is 0. The minimum absolute atomic E-state index is 0.317. The van der Waals surface area contributed by atoms with Gasteiger partial charge in [-0.2, -0.15) is 4.68 Å². The molecule has 0 aromatic carbocycles. The molecule has 34 heavy (non-hydrogen) atoms. The summed E-state index contributed by atoms with van der Waals surface area (Å²) < 4.78 is 29.1. The van der Waals surface area contributed by atoms with Crippen molar-refractivity contribution in [1.29, 1.82) is 0 Å². The molecule has 0 aliphatic carbocycles. The molecule has 1 aromatic heterocycles. The highest BCUT2D eigenvalue weighted by molar-refractivity contribution is 5.68. The van der Waals surface area contributed by atoms with E-state index in [1.165, 1.54) is 32.4 Å². The van der Waals surface area contributed by atoms with Crippen molar-refractivity contribution in [3.05, 3.63) is 5.69 Å². The summed E-state index contributed by atoms with van der Waals surface area (Å²) in [6, 6.07) is 0. The number of rotatable bonds is 9. The molecule has 13 heteroatoms. The fourth-order valence-corrected chi connectivity index (χ4v) is 3.84. The van der Waals surface area contributed by atoms with Gasteiger partial charge in [0.1, 0.15) is 18.4 Å². The second-order valence-corrected chi connectivity index (χ2v) is 7.71. The van der Waals surface area contributed by atoms with Gasteiger partial charge in [0.2, 0.25) is 0 Å². The Balaban J connectivity index is 2.65. The van der Waals surface area contributed by atoms with Crippen molar-refractivity contribution in [2.75, 3.05) is 24.6 Å². The maximum atomic E-state index is 12.0. The summed E-state index contributed by atoms with van der Waals surface area (Å²) in [6.45, 7) is 11.3. The maximum Gasteiger partial charge on any atom is 0.303 e. The average Bonchev–Trinajstić information content (AvgIpc) is 3.11. The quantitative estimate of drug-likeness (QED) is 0.358. The first-order valence-electron chi connectivity index (χ1n) is 11.0. The molecular formula is C21H32N4O9. The van der Waals surface area contributed by atoms with Crippen LogP contribution in [0, 0.1) is 6.92 Å². The van der Waals surface area contributed by atoms with Crippen molar-refractivity contribution in [2.24, 2.45) is 0 Å². The van der Waals surface area contributed by atoms with Gasteiger partial charge >= 0.3 is 23.9 Å². The van der Waals surface area contributed by atoms with Crippen LogP contribution in [-0.2, 0) is 42.9 Å². The molecule has 1 aliphatic rings. The smallest absolute Gasteiger partial charge is 0.303 e. The largest absolute Gasteiger partial charge is 0.463 e. The van der Waals surface area contributed by atoms with Crippen molar-refractivity contribution in [3.63, 3.8) is 0 Å². The number of carbonyl (C=O) groups is 4. The molecule has 0 radical (unpaired) electrons. The van der Waals surface area contributed by atoms with Crippen LogP contribution in [0.5, 0.6) is 0 Å². The number of nitrogens with zero attached hydrogens (tertiary/aromatic N) is 4. The number of hydrogen-bond acceptors (Lipinski definition) is 12. The molecule has 13 nitrogen and oxygen atoms in total. The lowest BCUT2D eigenvalue weighted by Gasteiger charge is -2.44. The Morgan fingerprint density at radius 1 is 0.882 bits per heavy atom. The summed E-state index contributed by atoms with van der Waals surface area (Å²) in [5.41, 5.74) is 0.594. The zero-order valence-corrected chi connectivity index (χ0v) is 20.5. The van der Waals surface area contributed by atoms with Gasteiger partial charge in [0.25, 0.3) is 0 Å². The Labute approximate surface area is 197 Å². The summed E-state index contributed by atoms with van der Waals surface area (Å²) in [6.07, 6.45) is -5.98. The first-order valence-corrected chi connectivity index (χ1v) is 11.0. The SMILES string of the molecule is CCN(CC)c1c(C)nnn1[C@H]1O[C@@H](COC(C)=O)[C@@H](OC(C)=O)[C@@H](OC(C)=O)[C@H]1OC(C)=O. The van der Waals surface area contributed by atoms with Crippen molar-refractivity contribution in [2.45, 2.75) is 79.1 Å². The minimum atomic E-state index is -1.28. The van der Waals surface area contributed by atoms with Crippen LogP contribution in [0.2, 0.25) is 0 Å². The molecule has 1 fully saturated rings. The first kappa shape index (κ1) is 27.0. The minimum Gasteiger partial charge on any atom is -0.463 e. The number of hydrogen-bond donors (Lipinski definition) is 0. The van der Waals surface area contributed by atoms with E-state index >= 15 is 0 Å². The molecule has 0 unspecified atom stereocenters. The van der Waals surface area contributed by atoms with E-state index in [-0.39, 0.29) is 6.61 Å². The number of aryl methyl sites for hydroxylation is 1. The van der Waals surface area contributed by atoms with E-state index in [1.54, 1.807) is 6.92 Å². The molecule has 5 atom stereocenters. The average molecular weight is 485 g/mol. The van der Waals surface area contributed by atoms with E-state index in [1.807, 2.05) is 18.7 Å². The van der Waals surface area contributed by atoms with Gasteiger partial charge in [0, 0.05) is 40.8 Å². The Bertz CT molecular complexity index is 899. The summed E-state index contributed by atoms with van der Waals surface area (Å²) in [4.78, 5) is 49.3. The van der Waals surface area contributed by atoms with Crippen LogP contribution >= 0.6 is 0 Å². The predicted molar refractivity (Wildman–Crippen MR) is 116 cm³/mol. The van der Waals surface area contributed by atoms with Gasteiger partial charge in [0.15, 0.2) is 30.4 Å². The van der Waals surface area contributed by atoms with Crippen molar-refractivity contribution in [1.82, 2.24) is 15.0 Å². The number of ether oxygens (including phenoxy) is 5. The monoisotopic (exact) mass is 484 g/mol. The normalized spacial score (nSPS) is 24.1. The molecule has 0 bridgehead atoms.